The van der Waals surface area contributed by atoms with Crippen molar-refractivity contribution in [2.45, 2.75) is 65.6 Å². The van der Waals surface area contributed by atoms with Crippen molar-refractivity contribution in [2.75, 3.05) is 42.3 Å². The predicted molar refractivity (Wildman–Crippen MR) is 179 cm³/mol. The van der Waals surface area contributed by atoms with Gasteiger partial charge in [0.25, 0.3) is 0 Å². The van der Waals surface area contributed by atoms with Crippen LogP contribution in [0, 0.1) is 25.2 Å². The maximum atomic E-state index is 5.74. The Morgan fingerprint density at radius 2 is 2.15 bits per heavy atom. The number of anilines is 2. The second-order valence-electron chi connectivity index (χ2n) is 9.37. The molecule has 0 radical (unpaired) electrons. The van der Waals surface area contributed by atoms with Crippen molar-refractivity contribution in [3.63, 3.8) is 0 Å². The summed E-state index contributed by atoms with van der Waals surface area (Å²) in [5.41, 5.74) is 2.74. The fourth-order valence-electron chi connectivity index (χ4n) is 3.44. The Morgan fingerprint density at radius 3 is 2.75 bits per heavy atom. The lowest BCUT2D eigenvalue weighted by Crippen LogP contribution is -2.12. The van der Waals surface area contributed by atoms with Crippen LogP contribution in [-0.4, -0.2) is 60.0 Å². The van der Waals surface area contributed by atoms with Crippen LogP contribution in [-0.2, 0) is 4.74 Å². The van der Waals surface area contributed by atoms with Crippen molar-refractivity contribution in [1.29, 1.82) is 0 Å². The lowest BCUT2D eigenvalue weighted by atomic mass is 10.1. The first-order valence-corrected chi connectivity index (χ1v) is 15.8. The van der Waals surface area contributed by atoms with E-state index in [1.807, 2.05) is 56.2 Å². The second-order valence-corrected chi connectivity index (χ2v) is 11.4. The smallest absolute Gasteiger partial charge is 0.156 e. The van der Waals surface area contributed by atoms with Crippen molar-refractivity contribution >= 4 is 51.1 Å². The van der Waals surface area contributed by atoms with E-state index in [0.717, 1.165) is 34.5 Å². The average Bonchev–Trinajstić information content (AvgIpc) is 3.38. The van der Waals surface area contributed by atoms with E-state index >= 15 is 0 Å². The van der Waals surface area contributed by atoms with Gasteiger partial charge in [0.15, 0.2) is 5.82 Å². The summed E-state index contributed by atoms with van der Waals surface area (Å²) in [6, 6.07) is 8.04. The minimum Gasteiger partial charge on any atom is -0.391 e. The molecule has 220 valence electrons. The zero-order valence-corrected chi connectivity index (χ0v) is 27.2. The molecular formula is C31H47BrN6OS. The highest BCUT2D eigenvalue weighted by molar-refractivity contribution is 9.10. The van der Waals surface area contributed by atoms with Crippen molar-refractivity contribution in [1.82, 2.24) is 15.3 Å². The molecule has 1 saturated heterocycles. The molecule has 1 aromatic heterocycles. The highest BCUT2D eigenvalue weighted by Crippen LogP contribution is 2.25. The maximum Gasteiger partial charge on any atom is 0.156 e. The number of nitrogens with zero attached hydrogens (tertiary/aromatic N) is 3. The number of aliphatic imine (C=N–C) groups is 1. The monoisotopic (exact) mass is 630 g/mol. The molecule has 3 N–H and O–H groups in total. The van der Waals surface area contributed by atoms with Crippen LogP contribution >= 0.6 is 27.7 Å². The molecule has 3 rings (SSSR count). The average molecular weight is 632 g/mol. The van der Waals surface area contributed by atoms with Gasteiger partial charge in [0.05, 0.1) is 24.4 Å². The van der Waals surface area contributed by atoms with E-state index in [4.69, 9.17) is 11.2 Å². The van der Waals surface area contributed by atoms with E-state index < -0.39 is 0 Å². The Morgan fingerprint density at radius 1 is 1.35 bits per heavy atom. The SMILES string of the molecule is C#CCNc1ncnc(C)c1N=CC(C)CC.C=CNCCCSCC1CCC(C)O1.CNc1cccc(Br)c1. The number of ether oxygens (including phenoxy) is 1. The highest BCUT2D eigenvalue weighted by atomic mass is 79.9. The molecule has 1 aliphatic heterocycles. The molecule has 40 heavy (non-hydrogen) atoms. The van der Waals surface area contributed by atoms with Gasteiger partial charge in [0.2, 0.25) is 0 Å². The normalized spacial score (nSPS) is 16.5. The van der Waals surface area contributed by atoms with E-state index in [2.05, 4.69) is 80.1 Å². The van der Waals surface area contributed by atoms with Gasteiger partial charge in [-0.1, -0.05) is 48.3 Å². The number of halogens is 1. The molecule has 3 atom stereocenters. The summed E-state index contributed by atoms with van der Waals surface area (Å²) in [4.78, 5) is 12.7. The number of terminal acetylenes is 1. The van der Waals surface area contributed by atoms with Crippen molar-refractivity contribution in [3.8, 4) is 12.3 Å². The first-order chi connectivity index (χ1) is 19.3. The van der Waals surface area contributed by atoms with Crippen LogP contribution in [0.5, 0.6) is 0 Å². The molecule has 1 aromatic carbocycles. The number of hydrogen-bond donors (Lipinski definition) is 3. The number of benzene rings is 1. The second kappa shape index (κ2) is 22.2. The van der Waals surface area contributed by atoms with Gasteiger partial charge >= 0.3 is 0 Å². The molecule has 0 saturated carbocycles. The lowest BCUT2D eigenvalue weighted by Gasteiger charge is -2.10. The number of aromatic nitrogens is 2. The Balaban J connectivity index is 0.000000314. The van der Waals surface area contributed by atoms with Gasteiger partial charge < -0.3 is 20.7 Å². The first kappa shape index (κ1) is 35.5. The zero-order chi connectivity index (χ0) is 29.6. The fraction of sp³-hybridized carbons (Fsp3) is 0.516. The summed E-state index contributed by atoms with van der Waals surface area (Å²) in [6.45, 7) is 13.4. The number of thioether (sulfide) groups is 1. The van der Waals surface area contributed by atoms with Gasteiger partial charge in [-0.3, -0.25) is 4.99 Å². The van der Waals surface area contributed by atoms with Gasteiger partial charge in [-0.25, -0.2) is 9.97 Å². The van der Waals surface area contributed by atoms with E-state index in [9.17, 15) is 0 Å². The summed E-state index contributed by atoms with van der Waals surface area (Å²) in [6.07, 6.45) is 16.2. The first-order valence-electron chi connectivity index (χ1n) is 13.9. The lowest BCUT2D eigenvalue weighted by molar-refractivity contribution is 0.0700. The minimum atomic E-state index is 0.433. The Bertz CT molecular complexity index is 1040. The molecular weight excluding hydrogens is 584 g/mol. The topological polar surface area (TPSA) is 83.5 Å². The van der Waals surface area contributed by atoms with Crippen molar-refractivity contribution in [2.24, 2.45) is 10.9 Å². The number of hydrogen-bond acceptors (Lipinski definition) is 8. The van der Waals surface area contributed by atoms with Crippen LogP contribution in [0.3, 0.4) is 0 Å². The molecule has 3 unspecified atom stereocenters. The molecule has 9 heteroatoms. The maximum absolute atomic E-state index is 5.74. The molecule has 0 amide bonds. The quantitative estimate of drug-likeness (QED) is 0.120. The molecule has 0 spiro atoms. The van der Waals surface area contributed by atoms with Gasteiger partial charge in [0.1, 0.15) is 12.0 Å². The minimum absolute atomic E-state index is 0.433. The number of nitrogens with one attached hydrogen (secondary N) is 3. The van der Waals surface area contributed by atoms with Crippen LogP contribution in [0.25, 0.3) is 0 Å². The van der Waals surface area contributed by atoms with Gasteiger partial charge in [0, 0.05) is 35.7 Å². The van der Waals surface area contributed by atoms with E-state index in [1.165, 1.54) is 37.1 Å². The zero-order valence-electron chi connectivity index (χ0n) is 24.8. The standard InChI is InChI=1S/C13H18N4.C11H21NOS.C7H8BrN/c1-5-7-14-13-12(11(4)16-9-17-13)15-8-10(3)6-2;1-3-12-7-4-8-14-9-11-6-5-10(2)13-11;1-9-7-4-2-3-6(8)5-7/h1,8-10H,6-7H2,2-4H3,(H,14,16,17);3,10-12H,1,4-9H2,2H3;2-5,9H,1H3. The Hall–Kier alpha value is -2.54. The summed E-state index contributed by atoms with van der Waals surface area (Å²) in [5.74, 6) is 6.03. The summed E-state index contributed by atoms with van der Waals surface area (Å²) < 4.78 is 6.84. The predicted octanol–water partition coefficient (Wildman–Crippen LogP) is 7.48. The molecule has 7 nitrogen and oxygen atoms in total. The third-order valence-electron chi connectivity index (χ3n) is 5.96. The summed E-state index contributed by atoms with van der Waals surface area (Å²) in [5, 5.41) is 9.19. The number of rotatable bonds is 13. The van der Waals surface area contributed by atoms with Crippen LogP contribution in [0.4, 0.5) is 17.2 Å². The molecule has 2 heterocycles. The number of aryl methyl sites for hydroxylation is 1. The van der Waals surface area contributed by atoms with Crippen molar-refractivity contribution < 1.29 is 4.74 Å². The van der Waals surface area contributed by atoms with Crippen molar-refractivity contribution in [3.05, 3.63) is 53.5 Å². The molecule has 0 bridgehead atoms. The van der Waals surface area contributed by atoms with Crippen LogP contribution in [0.15, 0.2) is 52.8 Å². The molecule has 0 aliphatic carbocycles. The molecule has 1 fully saturated rings. The molecule has 2 aromatic rings. The Kier molecular flexibility index (Phi) is 19.7. The Labute approximate surface area is 255 Å². The highest BCUT2D eigenvalue weighted by Gasteiger charge is 2.21. The third-order valence-corrected chi connectivity index (χ3v) is 7.63. The van der Waals surface area contributed by atoms with Crippen LogP contribution < -0.4 is 16.0 Å². The fourth-order valence-corrected chi connectivity index (χ4v) is 4.86. The van der Waals surface area contributed by atoms with Crippen LogP contribution in [0.2, 0.25) is 0 Å². The van der Waals surface area contributed by atoms with Gasteiger partial charge in [-0.05, 0) is 75.6 Å². The van der Waals surface area contributed by atoms with Crippen LogP contribution in [0.1, 0.15) is 52.1 Å². The van der Waals surface area contributed by atoms with E-state index in [1.54, 1.807) is 6.20 Å². The van der Waals surface area contributed by atoms with Gasteiger partial charge in [-0.15, -0.1) is 6.42 Å². The largest absolute Gasteiger partial charge is 0.391 e. The van der Waals surface area contributed by atoms with E-state index in [-0.39, 0.29) is 0 Å². The molecule has 1 aliphatic rings. The summed E-state index contributed by atoms with van der Waals surface area (Å²) in [7, 11) is 1.90. The van der Waals surface area contributed by atoms with Gasteiger partial charge in [-0.2, -0.15) is 11.8 Å². The third kappa shape index (κ3) is 15.9. The van der Waals surface area contributed by atoms with E-state index in [0.29, 0.717) is 30.5 Å². The summed E-state index contributed by atoms with van der Waals surface area (Å²) >= 11 is 5.37.